The van der Waals surface area contributed by atoms with Crippen molar-refractivity contribution in [1.29, 1.82) is 0 Å². The number of nitrogens with zero attached hydrogens (tertiary/aromatic N) is 2. The Hall–Kier alpha value is -6.34. The Morgan fingerprint density at radius 2 is 1.73 bits per heavy atom. The maximum absolute atomic E-state index is 14.1. The molecular weight excluding hydrogens is 928 g/mol. The van der Waals surface area contributed by atoms with Gasteiger partial charge in [0.2, 0.25) is 17.4 Å². The number of urea groups is 1. The third-order valence-corrected chi connectivity index (χ3v) is 13.7. The van der Waals surface area contributed by atoms with Crippen molar-refractivity contribution in [2.45, 2.75) is 116 Å². The lowest BCUT2D eigenvalue weighted by Gasteiger charge is -2.39. The van der Waals surface area contributed by atoms with E-state index in [0.717, 1.165) is 40.2 Å². The second kappa shape index (κ2) is 20.7. The van der Waals surface area contributed by atoms with E-state index in [1.54, 1.807) is 55.7 Å². The third-order valence-electron chi connectivity index (χ3n) is 13.0. The number of hydrogen-bond donors (Lipinski definition) is 6. The molecule has 8 N–H and O–H groups in total. The van der Waals surface area contributed by atoms with Crippen LogP contribution < -0.4 is 38.3 Å². The lowest BCUT2D eigenvalue weighted by molar-refractivity contribution is -0.191. The first-order valence-corrected chi connectivity index (χ1v) is 23.5. The van der Waals surface area contributed by atoms with Crippen LogP contribution >= 0.6 is 15.9 Å². The van der Waals surface area contributed by atoms with E-state index >= 15 is 0 Å². The number of cyclic esters (lactones) is 1. The van der Waals surface area contributed by atoms with Crippen LogP contribution in [-0.2, 0) is 58.7 Å². The van der Waals surface area contributed by atoms with Gasteiger partial charge in [-0.3, -0.25) is 19.2 Å². The maximum atomic E-state index is 14.1. The predicted octanol–water partition coefficient (Wildman–Crippen LogP) is 5.52. The van der Waals surface area contributed by atoms with Crippen molar-refractivity contribution in [3.8, 4) is 11.4 Å². The number of carbonyl (C=O) groups is 6. The van der Waals surface area contributed by atoms with Crippen molar-refractivity contribution >= 4 is 68.4 Å². The lowest BCUT2D eigenvalue weighted by Crippen LogP contribution is -2.51. The molecule has 5 amide bonds. The van der Waals surface area contributed by atoms with Gasteiger partial charge in [-0.25, -0.2) is 19.4 Å². The van der Waals surface area contributed by atoms with Crippen molar-refractivity contribution in [2.75, 3.05) is 18.4 Å². The number of nitrogens with one attached hydrogen (secondary N) is 4. The summed E-state index contributed by atoms with van der Waals surface area (Å²) in [4.78, 5) is 97.1. The first kappa shape index (κ1) is 48.6. The molecule has 3 atom stereocenters. The van der Waals surface area contributed by atoms with Crippen molar-refractivity contribution in [1.82, 2.24) is 25.5 Å². The van der Waals surface area contributed by atoms with Crippen LogP contribution in [0.1, 0.15) is 101 Å². The minimum Gasteiger partial charge on any atom is -0.457 e. The molecule has 2 aromatic carbocycles. The standard InChI is InChI=1S/C48H57BrN8O10/c1-4-48(33-21-37-40-29(20-31-34(49)10-8-11-35(31)55-40)23-57(37)43(61)32(33)25-65-44(48)62)67-38(58)22-47(17-6-5-7-18-47)26-53-46(64)66-24-28-13-15-30(16-14-28)54-41(59)36(12-9-19-52-45(51)63)56-42(60)39(50)27(2)3/h8,10-11,13-16,20-21,27,36,39H,4-7,9,12,17-19,22-26,50H2,1-3H3,(H,53,64)(H,54,59)(H,56,60)(H3,51,52,63)/t36-,39?,48-/m0/s1. The number of aromatic nitrogens is 2. The van der Waals surface area contributed by atoms with E-state index in [9.17, 15) is 33.6 Å². The highest BCUT2D eigenvalue weighted by Gasteiger charge is 2.51. The van der Waals surface area contributed by atoms with E-state index in [1.165, 1.54) is 0 Å². The lowest BCUT2D eigenvalue weighted by atomic mass is 9.71. The highest BCUT2D eigenvalue weighted by Crippen LogP contribution is 2.44. The zero-order valence-corrected chi connectivity index (χ0v) is 39.4. The second-order valence-electron chi connectivity index (χ2n) is 18.0. The molecule has 3 aliphatic rings. The molecule has 1 aliphatic carbocycles. The van der Waals surface area contributed by atoms with Crippen molar-refractivity contribution in [3.63, 3.8) is 0 Å². The first-order chi connectivity index (χ1) is 32.0. The number of pyridine rings is 2. The monoisotopic (exact) mass is 984 g/mol. The van der Waals surface area contributed by atoms with E-state index in [-0.39, 0.29) is 62.6 Å². The number of benzene rings is 2. The second-order valence-corrected chi connectivity index (χ2v) is 18.8. The molecule has 2 aromatic heterocycles. The summed E-state index contributed by atoms with van der Waals surface area (Å²) in [5.74, 6) is -2.52. The average molecular weight is 986 g/mol. The zero-order valence-electron chi connectivity index (χ0n) is 37.8. The van der Waals surface area contributed by atoms with Gasteiger partial charge in [0.15, 0.2) is 0 Å². The number of ether oxygens (including phenoxy) is 3. The van der Waals surface area contributed by atoms with Crippen molar-refractivity contribution in [3.05, 3.63) is 91.7 Å². The molecule has 0 radical (unpaired) electrons. The number of rotatable bonds is 17. The van der Waals surface area contributed by atoms with Gasteiger partial charge in [0.1, 0.15) is 19.3 Å². The van der Waals surface area contributed by atoms with Crippen LogP contribution in [0.15, 0.2) is 63.9 Å². The molecule has 4 heterocycles. The molecule has 7 rings (SSSR count). The Labute approximate surface area is 395 Å². The highest BCUT2D eigenvalue weighted by atomic mass is 79.9. The van der Waals surface area contributed by atoms with Gasteiger partial charge in [0, 0.05) is 39.8 Å². The summed E-state index contributed by atoms with van der Waals surface area (Å²) in [5, 5.41) is 11.7. The van der Waals surface area contributed by atoms with Crippen molar-refractivity contribution < 1.29 is 43.0 Å². The van der Waals surface area contributed by atoms with Gasteiger partial charge in [0.05, 0.1) is 41.5 Å². The maximum Gasteiger partial charge on any atom is 0.407 e. The molecule has 19 heteroatoms. The van der Waals surface area contributed by atoms with Gasteiger partial charge in [-0.1, -0.05) is 74.2 Å². The topological polar surface area (TPSA) is 265 Å². The molecule has 1 fully saturated rings. The summed E-state index contributed by atoms with van der Waals surface area (Å²) < 4.78 is 19.8. The van der Waals surface area contributed by atoms with Crippen LogP contribution in [0.4, 0.5) is 15.3 Å². The molecule has 67 heavy (non-hydrogen) atoms. The number of carbonyl (C=O) groups excluding carboxylic acids is 6. The number of nitrogens with two attached hydrogens (primary N) is 2. The fraction of sp³-hybridized carbons (Fsp3) is 0.458. The summed E-state index contributed by atoms with van der Waals surface area (Å²) in [6.45, 7) is 5.58. The predicted molar refractivity (Wildman–Crippen MR) is 251 cm³/mol. The number of anilines is 1. The largest absolute Gasteiger partial charge is 0.457 e. The van der Waals surface area contributed by atoms with E-state index in [2.05, 4.69) is 37.2 Å². The number of alkyl carbamates (subject to hydrolysis) is 1. The van der Waals surface area contributed by atoms with Crippen LogP contribution in [0.2, 0.25) is 0 Å². The van der Waals surface area contributed by atoms with Gasteiger partial charge < -0.3 is 51.5 Å². The molecule has 18 nitrogen and oxygen atoms in total. The molecule has 2 aliphatic heterocycles. The van der Waals surface area contributed by atoms with Gasteiger partial charge in [0.25, 0.3) is 5.56 Å². The summed E-state index contributed by atoms with van der Waals surface area (Å²) in [5.41, 5.74) is 12.6. The Morgan fingerprint density at radius 1 is 0.985 bits per heavy atom. The fourth-order valence-electron chi connectivity index (χ4n) is 9.11. The Bertz CT molecular complexity index is 2630. The average Bonchev–Trinajstić information content (AvgIpc) is 3.67. The normalized spacial score (nSPS) is 17.8. The minimum absolute atomic E-state index is 0.0211. The molecular formula is C48H57BrN8O10. The number of fused-ring (bicyclic) bond motifs is 5. The number of amides is 5. The minimum atomic E-state index is -1.87. The molecule has 0 spiro atoms. The number of primary amides is 1. The highest BCUT2D eigenvalue weighted by molar-refractivity contribution is 9.10. The Kier molecular flexibility index (Phi) is 15.0. The molecule has 0 saturated heterocycles. The van der Waals surface area contributed by atoms with Gasteiger partial charge in [-0.2, -0.15) is 0 Å². The zero-order chi connectivity index (χ0) is 48.0. The fourth-order valence-corrected chi connectivity index (χ4v) is 9.58. The van der Waals surface area contributed by atoms with Crippen LogP contribution in [0, 0.1) is 11.3 Å². The SMILES string of the molecule is CC[C@@]1(OC(=O)CC2(CNC(=O)OCc3ccc(NC(=O)[C@H](CCCNC(N)=O)NC(=O)C(N)C(C)C)cc3)CCCCC2)C(=O)OCc2c1cc1n(c2=O)Cc2cc3c(Br)cccc3nc2-1. The molecule has 356 valence electrons. The smallest absolute Gasteiger partial charge is 0.407 e. The summed E-state index contributed by atoms with van der Waals surface area (Å²) in [6, 6.07) is 13.6. The first-order valence-electron chi connectivity index (χ1n) is 22.7. The Morgan fingerprint density at radius 3 is 2.43 bits per heavy atom. The van der Waals surface area contributed by atoms with Crippen LogP contribution in [0.25, 0.3) is 22.3 Å². The molecule has 1 saturated carbocycles. The van der Waals surface area contributed by atoms with E-state index in [4.69, 9.17) is 30.7 Å². The van der Waals surface area contributed by atoms with Crippen LogP contribution in [0.3, 0.4) is 0 Å². The Balaban J connectivity index is 0.977. The van der Waals surface area contributed by atoms with Gasteiger partial charge >= 0.3 is 24.1 Å². The van der Waals surface area contributed by atoms with Gasteiger partial charge in [-0.15, -0.1) is 0 Å². The molecule has 4 aromatic rings. The number of halogens is 1. The number of esters is 2. The van der Waals surface area contributed by atoms with E-state index in [0.29, 0.717) is 54.0 Å². The molecule has 1 unspecified atom stereocenters. The quantitative estimate of drug-likeness (QED) is 0.0383. The van der Waals surface area contributed by atoms with E-state index < -0.39 is 59.0 Å². The summed E-state index contributed by atoms with van der Waals surface area (Å²) in [6.07, 6.45) is 3.65. The third kappa shape index (κ3) is 10.8. The van der Waals surface area contributed by atoms with Crippen LogP contribution in [0.5, 0.6) is 0 Å². The van der Waals surface area contributed by atoms with Crippen LogP contribution in [-0.4, -0.2) is 70.6 Å². The number of hydrogen-bond acceptors (Lipinski definition) is 12. The van der Waals surface area contributed by atoms with Crippen molar-refractivity contribution in [2.24, 2.45) is 22.8 Å². The summed E-state index contributed by atoms with van der Waals surface area (Å²) in [7, 11) is 0. The van der Waals surface area contributed by atoms with Gasteiger partial charge in [-0.05, 0) is 85.4 Å². The summed E-state index contributed by atoms with van der Waals surface area (Å²) >= 11 is 3.60. The molecule has 0 bridgehead atoms. The van der Waals surface area contributed by atoms with E-state index in [1.807, 2.05) is 24.3 Å².